The number of anilines is 2. The molecule has 1 aromatic rings. The zero-order valence-corrected chi connectivity index (χ0v) is 11.3. The number of amides is 2. The molecule has 4 nitrogen and oxygen atoms in total. The van der Waals surface area contributed by atoms with Crippen LogP contribution in [0.5, 0.6) is 0 Å². The molecule has 0 saturated heterocycles. The predicted octanol–water partition coefficient (Wildman–Crippen LogP) is 2.70. The Morgan fingerprint density at radius 3 is 2.63 bits per heavy atom. The number of hydrogen-bond acceptors (Lipinski definition) is 2. The maximum absolute atomic E-state index is 13.9. The Balaban J connectivity index is 2.30. The van der Waals surface area contributed by atoms with Crippen LogP contribution in [0.15, 0.2) is 12.1 Å². The first-order valence-corrected chi connectivity index (χ1v) is 6.21. The molecule has 2 rings (SSSR count). The number of fused-ring (bicyclic) bond motifs is 1. The molecule has 19 heavy (non-hydrogen) atoms. The van der Waals surface area contributed by atoms with Gasteiger partial charge in [-0.25, -0.2) is 4.39 Å². The molecule has 0 atom stereocenters. The number of aryl methyl sites for hydroxylation is 1. The van der Waals surface area contributed by atoms with E-state index in [0.29, 0.717) is 18.5 Å². The molecule has 1 aromatic carbocycles. The van der Waals surface area contributed by atoms with Gasteiger partial charge in [0.1, 0.15) is 5.82 Å². The van der Waals surface area contributed by atoms with Crippen molar-refractivity contribution in [1.29, 1.82) is 0 Å². The number of hydrogen-bond donors (Lipinski definition) is 2. The fraction of sp³-hybridized carbons (Fsp3) is 0.429. The summed E-state index contributed by atoms with van der Waals surface area (Å²) >= 11 is 0. The molecule has 0 bridgehead atoms. The zero-order chi connectivity index (χ0) is 14.2. The molecule has 0 fully saturated rings. The van der Waals surface area contributed by atoms with Gasteiger partial charge < -0.3 is 10.6 Å². The molecule has 1 aliphatic rings. The van der Waals surface area contributed by atoms with Crippen LogP contribution >= 0.6 is 0 Å². The van der Waals surface area contributed by atoms with Crippen LogP contribution < -0.4 is 10.6 Å². The number of benzene rings is 1. The van der Waals surface area contributed by atoms with E-state index in [-0.39, 0.29) is 17.5 Å². The molecule has 0 radical (unpaired) electrons. The number of rotatable bonds is 1. The van der Waals surface area contributed by atoms with E-state index in [9.17, 15) is 14.0 Å². The molecule has 0 spiro atoms. The lowest BCUT2D eigenvalue weighted by Gasteiger charge is -2.21. The number of carbonyl (C=O) groups excluding carboxylic acids is 2. The van der Waals surface area contributed by atoms with Crippen molar-refractivity contribution in [2.24, 2.45) is 5.41 Å². The molecule has 0 unspecified atom stereocenters. The summed E-state index contributed by atoms with van der Waals surface area (Å²) in [6.45, 7) is 5.25. The third-order valence-corrected chi connectivity index (χ3v) is 3.02. The van der Waals surface area contributed by atoms with Crippen LogP contribution in [0.3, 0.4) is 0 Å². The second-order valence-corrected chi connectivity index (χ2v) is 5.74. The predicted molar refractivity (Wildman–Crippen MR) is 71.4 cm³/mol. The molecule has 0 aromatic heterocycles. The Morgan fingerprint density at radius 1 is 1.32 bits per heavy atom. The highest BCUT2D eigenvalue weighted by Crippen LogP contribution is 2.29. The van der Waals surface area contributed by atoms with Crippen LogP contribution in [0, 0.1) is 11.2 Å². The average molecular weight is 264 g/mol. The third-order valence-electron chi connectivity index (χ3n) is 3.02. The molecule has 0 saturated carbocycles. The fourth-order valence-corrected chi connectivity index (χ4v) is 1.80. The lowest BCUT2D eigenvalue weighted by atomic mass is 9.95. The van der Waals surface area contributed by atoms with E-state index in [0.717, 1.165) is 5.56 Å². The Hall–Kier alpha value is -1.91. The summed E-state index contributed by atoms with van der Waals surface area (Å²) in [6, 6.07) is 2.85. The van der Waals surface area contributed by atoms with Gasteiger partial charge in [0.05, 0.1) is 5.69 Å². The van der Waals surface area contributed by atoms with E-state index in [2.05, 4.69) is 10.6 Å². The average Bonchev–Trinajstić information content (AvgIpc) is 2.29. The SMILES string of the molecule is CC(C)(C)C(=O)Nc1cc2c(cc1F)CCC(=O)N2. The Morgan fingerprint density at radius 2 is 2.00 bits per heavy atom. The van der Waals surface area contributed by atoms with Gasteiger partial charge >= 0.3 is 0 Å². The van der Waals surface area contributed by atoms with Gasteiger partial charge in [0.2, 0.25) is 11.8 Å². The van der Waals surface area contributed by atoms with E-state index in [4.69, 9.17) is 0 Å². The summed E-state index contributed by atoms with van der Waals surface area (Å²) in [7, 11) is 0. The van der Waals surface area contributed by atoms with Crippen LogP contribution in [-0.2, 0) is 16.0 Å². The maximum Gasteiger partial charge on any atom is 0.229 e. The molecular weight excluding hydrogens is 247 g/mol. The first-order chi connectivity index (χ1) is 8.77. The van der Waals surface area contributed by atoms with Gasteiger partial charge in [0.25, 0.3) is 0 Å². The van der Waals surface area contributed by atoms with Gasteiger partial charge in [-0.15, -0.1) is 0 Å². The van der Waals surface area contributed by atoms with E-state index >= 15 is 0 Å². The molecular formula is C14H17FN2O2. The van der Waals surface area contributed by atoms with Crippen LogP contribution in [0.1, 0.15) is 32.8 Å². The standard InChI is InChI=1S/C14H17FN2O2/c1-14(2,3)13(19)17-11-7-10-8(6-9(11)15)4-5-12(18)16-10/h6-7H,4-5H2,1-3H3,(H,16,18)(H,17,19). The van der Waals surface area contributed by atoms with Crippen LogP contribution in [-0.4, -0.2) is 11.8 Å². The molecule has 5 heteroatoms. The third kappa shape index (κ3) is 2.92. The summed E-state index contributed by atoms with van der Waals surface area (Å²) in [5.41, 5.74) is 0.819. The minimum atomic E-state index is -0.606. The summed E-state index contributed by atoms with van der Waals surface area (Å²) in [4.78, 5) is 23.2. The molecule has 1 heterocycles. The van der Waals surface area contributed by atoms with Crippen molar-refractivity contribution in [2.75, 3.05) is 10.6 Å². The Bertz CT molecular complexity index is 547. The second kappa shape index (κ2) is 4.64. The first kappa shape index (κ1) is 13.5. The summed E-state index contributed by atoms with van der Waals surface area (Å²) in [5.74, 6) is -0.840. The maximum atomic E-state index is 13.9. The highest BCUT2D eigenvalue weighted by atomic mass is 19.1. The lowest BCUT2D eigenvalue weighted by Crippen LogP contribution is -2.28. The highest BCUT2D eigenvalue weighted by Gasteiger charge is 2.24. The van der Waals surface area contributed by atoms with Gasteiger partial charge in [-0.1, -0.05) is 20.8 Å². The fourth-order valence-electron chi connectivity index (χ4n) is 1.80. The Labute approximate surface area is 111 Å². The summed E-state index contributed by atoms with van der Waals surface area (Å²) in [5, 5.41) is 5.23. The normalized spacial score (nSPS) is 14.6. The number of nitrogens with one attached hydrogen (secondary N) is 2. The van der Waals surface area contributed by atoms with Crippen LogP contribution in [0.25, 0.3) is 0 Å². The zero-order valence-electron chi connectivity index (χ0n) is 11.3. The number of carbonyl (C=O) groups is 2. The quantitative estimate of drug-likeness (QED) is 0.819. The summed E-state index contributed by atoms with van der Waals surface area (Å²) in [6.07, 6.45) is 0.881. The van der Waals surface area contributed by atoms with Gasteiger partial charge in [0, 0.05) is 17.5 Å². The highest BCUT2D eigenvalue weighted by molar-refractivity contribution is 5.97. The number of halogens is 1. The van der Waals surface area contributed by atoms with Crippen molar-refractivity contribution in [1.82, 2.24) is 0 Å². The first-order valence-electron chi connectivity index (χ1n) is 6.21. The lowest BCUT2D eigenvalue weighted by molar-refractivity contribution is -0.123. The molecule has 2 amide bonds. The van der Waals surface area contributed by atoms with Crippen molar-refractivity contribution < 1.29 is 14.0 Å². The molecule has 0 aliphatic carbocycles. The van der Waals surface area contributed by atoms with Crippen LogP contribution in [0.2, 0.25) is 0 Å². The smallest absolute Gasteiger partial charge is 0.229 e. The van der Waals surface area contributed by atoms with Crippen molar-refractivity contribution in [3.63, 3.8) is 0 Å². The Kier molecular flexibility index (Phi) is 3.30. The largest absolute Gasteiger partial charge is 0.326 e. The monoisotopic (exact) mass is 264 g/mol. The van der Waals surface area contributed by atoms with Crippen molar-refractivity contribution in [2.45, 2.75) is 33.6 Å². The topological polar surface area (TPSA) is 58.2 Å². The molecule has 102 valence electrons. The van der Waals surface area contributed by atoms with Gasteiger partial charge in [0.15, 0.2) is 0 Å². The van der Waals surface area contributed by atoms with Crippen LogP contribution in [0.4, 0.5) is 15.8 Å². The van der Waals surface area contributed by atoms with Crippen molar-refractivity contribution in [3.8, 4) is 0 Å². The molecule has 1 aliphatic heterocycles. The van der Waals surface area contributed by atoms with Crippen molar-refractivity contribution in [3.05, 3.63) is 23.5 Å². The van der Waals surface area contributed by atoms with E-state index < -0.39 is 11.2 Å². The second-order valence-electron chi connectivity index (χ2n) is 5.74. The minimum absolute atomic E-state index is 0.0905. The van der Waals surface area contributed by atoms with Crippen molar-refractivity contribution >= 4 is 23.2 Å². The minimum Gasteiger partial charge on any atom is -0.326 e. The van der Waals surface area contributed by atoms with Gasteiger partial charge in [-0.3, -0.25) is 9.59 Å². The van der Waals surface area contributed by atoms with Gasteiger partial charge in [-0.2, -0.15) is 0 Å². The van der Waals surface area contributed by atoms with Gasteiger partial charge in [-0.05, 0) is 24.1 Å². The summed E-state index contributed by atoms with van der Waals surface area (Å²) < 4.78 is 13.9. The van der Waals surface area contributed by atoms with E-state index in [1.807, 2.05) is 0 Å². The van der Waals surface area contributed by atoms with E-state index in [1.165, 1.54) is 12.1 Å². The molecule has 2 N–H and O–H groups in total. The van der Waals surface area contributed by atoms with E-state index in [1.54, 1.807) is 20.8 Å².